The van der Waals surface area contributed by atoms with E-state index in [0.29, 0.717) is 19.0 Å². The van der Waals surface area contributed by atoms with Crippen LogP contribution in [0.4, 0.5) is 13.2 Å². The molecule has 0 radical (unpaired) electrons. The number of methoxy groups -OCH3 is 1. The molecule has 0 saturated heterocycles. The number of pyridine rings is 1. The summed E-state index contributed by atoms with van der Waals surface area (Å²) in [5, 5.41) is 6.28. The van der Waals surface area contributed by atoms with Gasteiger partial charge >= 0.3 is 6.18 Å². The third kappa shape index (κ3) is 8.63. The molecule has 0 fully saturated rings. The van der Waals surface area contributed by atoms with Crippen LogP contribution in [-0.4, -0.2) is 37.9 Å². The Morgan fingerprint density at radius 3 is 2.14 bits per heavy atom. The molecule has 0 aliphatic rings. The molecule has 0 bridgehead atoms. The average molecular weight is 510 g/mol. The Bertz CT molecular complexity index is 738. The van der Waals surface area contributed by atoms with Crippen molar-refractivity contribution in [3.05, 3.63) is 53.7 Å². The minimum absolute atomic E-state index is 0. The van der Waals surface area contributed by atoms with Gasteiger partial charge in [0.15, 0.2) is 12.6 Å². The summed E-state index contributed by atoms with van der Waals surface area (Å²) in [4.78, 5) is 7.99. The quantitative estimate of drug-likeness (QED) is 0.339. The topological polar surface area (TPSA) is 67.8 Å². The van der Waals surface area contributed by atoms with Crippen molar-refractivity contribution < 1.29 is 22.6 Å². The largest absolute Gasteiger partial charge is 0.497 e. The Morgan fingerprint density at radius 2 is 1.64 bits per heavy atom. The first-order valence-electron chi connectivity index (χ1n) is 8.11. The predicted octanol–water partition coefficient (Wildman–Crippen LogP) is 3.51. The minimum atomic E-state index is -4.38. The molecule has 1 aromatic carbocycles. The van der Waals surface area contributed by atoms with Gasteiger partial charge in [-0.15, -0.1) is 24.0 Å². The number of halogens is 4. The van der Waals surface area contributed by atoms with Crippen LogP contribution in [0.15, 0.2) is 47.6 Å². The monoisotopic (exact) mass is 510 g/mol. The van der Waals surface area contributed by atoms with E-state index in [4.69, 9.17) is 4.74 Å². The zero-order chi connectivity index (χ0) is 19.7. The van der Waals surface area contributed by atoms with Crippen LogP contribution in [0.2, 0.25) is 0 Å². The van der Waals surface area contributed by atoms with Crippen LogP contribution in [0.1, 0.15) is 11.1 Å². The van der Waals surface area contributed by atoms with Gasteiger partial charge in [0.25, 0.3) is 0 Å². The van der Waals surface area contributed by atoms with Gasteiger partial charge in [0.1, 0.15) is 5.75 Å². The van der Waals surface area contributed by atoms with Crippen LogP contribution in [-0.2, 0) is 13.1 Å². The third-order valence-corrected chi connectivity index (χ3v) is 3.48. The Kier molecular flexibility index (Phi) is 9.83. The summed E-state index contributed by atoms with van der Waals surface area (Å²) in [7, 11) is 3.26. The fourth-order valence-corrected chi connectivity index (χ4v) is 2.09. The molecule has 0 unspecified atom stereocenters. The molecule has 2 aromatic rings. The second kappa shape index (κ2) is 11.6. The Hall–Kier alpha value is -2.24. The van der Waals surface area contributed by atoms with Crippen LogP contribution in [0.3, 0.4) is 0 Å². The Labute approximate surface area is 178 Å². The summed E-state index contributed by atoms with van der Waals surface area (Å²) in [6.07, 6.45) is -2.93. The summed E-state index contributed by atoms with van der Waals surface area (Å²) in [6, 6.07) is 10.7. The van der Waals surface area contributed by atoms with Gasteiger partial charge in [0.05, 0.1) is 7.11 Å². The Balaban J connectivity index is 0.00000392. The van der Waals surface area contributed by atoms with Crippen LogP contribution >= 0.6 is 24.0 Å². The van der Waals surface area contributed by atoms with Gasteiger partial charge in [-0.1, -0.05) is 18.2 Å². The number of benzene rings is 1. The standard InChI is InChI=1S/C18H21F3N4O2.HI/c1-22-17(24-9-13-3-6-15(26-2)7-4-13)25-11-14-5-8-16(23-10-14)27-12-18(19,20)21;/h3-8,10H,9,11-12H2,1-2H3,(H2,22,24,25);1H. The highest BCUT2D eigenvalue weighted by Gasteiger charge is 2.28. The van der Waals surface area contributed by atoms with Gasteiger partial charge in [-0.3, -0.25) is 4.99 Å². The van der Waals surface area contributed by atoms with Gasteiger partial charge in [0.2, 0.25) is 5.88 Å². The lowest BCUT2D eigenvalue weighted by atomic mass is 10.2. The number of guanidine groups is 1. The summed E-state index contributed by atoms with van der Waals surface area (Å²) in [5.41, 5.74) is 1.84. The number of rotatable bonds is 7. The number of alkyl halides is 3. The van der Waals surface area contributed by atoms with Crippen molar-refractivity contribution in [3.63, 3.8) is 0 Å². The smallest absolute Gasteiger partial charge is 0.422 e. The van der Waals surface area contributed by atoms with Gasteiger partial charge < -0.3 is 20.1 Å². The second-order valence-electron chi connectivity index (χ2n) is 5.54. The lowest BCUT2D eigenvalue weighted by Crippen LogP contribution is -2.36. The second-order valence-corrected chi connectivity index (χ2v) is 5.54. The van der Waals surface area contributed by atoms with Crippen molar-refractivity contribution in [2.75, 3.05) is 20.8 Å². The fourth-order valence-electron chi connectivity index (χ4n) is 2.09. The van der Waals surface area contributed by atoms with Crippen molar-refractivity contribution in [3.8, 4) is 11.6 Å². The normalized spacial score (nSPS) is 11.4. The first kappa shape index (κ1) is 23.8. The molecule has 0 atom stereocenters. The average Bonchev–Trinajstić information content (AvgIpc) is 2.67. The fraction of sp³-hybridized carbons (Fsp3) is 0.333. The van der Waals surface area contributed by atoms with Crippen LogP contribution in [0, 0.1) is 0 Å². The van der Waals surface area contributed by atoms with Crippen LogP contribution in [0.5, 0.6) is 11.6 Å². The number of aromatic nitrogens is 1. The van der Waals surface area contributed by atoms with Gasteiger partial charge in [-0.05, 0) is 23.3 Å². The first-order chi connectivity index (χ1) is 12.9. The number of nitrogens with one attached hydrogen (secondary N) is 2. The molecule has 154 valence electrons. The molecule has 10 heteroatoms. The van der Waals surface area contributed by atoms with E-state index in [1.165, 1.54) is 12.3 Å². The van der Waals surface area contributed by atoms with Crippen molar-refractivity contribution in [1.82, 2.24) is 15.6 Å². The molecule has 0 aliphatic heterocycles. The molecular formula is C18H22F3IN4O2. The highest BCUT2D eigenvalue weighted by molar-refractivity contribution is 14.0. The lowest BCUT2D eigenvalue weighted by molar-refractivity contribution is -0.154. The summed E-state index contributed by atoms with van der Waals surface area (Å²) in [5.74, 6) is 1.30. The molecule has 2 N–H and O–H groups in total. The molecular weight excluding hydrogens is 488 g/mol. The summed E-state index contributed by atoms with van der Waals surface area (Å²) >= 11 is 0. The molecule has 0 saturated carbocycles. The van der Waals surface area contributed by atoms with E-state index in [2.05, 4.69) is 25.3 Å². The van der Waals surface area contributed by atoms with E-state index < -0.39 is 12.8 Å². The van der Waals surface area contributed by atoms with Crippen molar-refractivity contribution in [2.24, 2.45) is 4.99 Å². The number of hydrogen-bond donors (Lipinski definition) is 2. The van der Waals surface area contributed by atoms with Crippen molar-refractivity contribution in [1.29, 1.82) is 0 Å². The number of aliphatic imine (C=N–C) groups is 1. The maximum Gasteiger partial charge on any atom is 0.422 e. The van der Waals surface area contributed by atoms with Gasteiger partial charge in [0, 0.05) is 32.4 Å². The van der Waals surface area contributed by atoms with Crippen molar-refractivity contribution in [2.45, 2.75) is 19.3 Å². The highest BCUT2D eigenvalue weighted by Crippen LogP contribution is 2.17. The number of nitrogens with zero attached hydrogens (tertiary/aromatic N) is 2. The van der Waals surface area contributed by atoms with Crippen LogP contribution in [0.25, 0.3) is 0 Å². The van der Waals surface area contributed by atoms with E-state index in [9.17, 15) is 13.2 Å². The van der Waals surface area contributed by atoms with E-state index in [-0.39, 0.29) is 29.9 Å². The number of hydrogen-bond acceptors (Lipinski definition) is 4. The molecule has 0 spiro atoms. The predicted molar refractivity (Wildman–Crippen MR) is 111 cm³/mol. The summed E-state index contributed by atoms with van der Waals surface area (Å²) < 4.78 is 46.0. The molecule has 1 heterocycles. The molecule has 2 rings (SSSR count). The van der Waals surface area contributed by atoms with Gasteiger partial charge in [-0.25, -0.2) is 4.98 Å². The van der Waals surface area contributed by atoms with E-state index in [1.807, 2.05) is 24.3 Å². The van der Waals surface area contributed by atoms with Crippen LogP contribution < -0.4 is 20.1 Å². The van der Waals surface area contributed by atoms with E-state index in [1.54, 1.807) is 20.2 Å². The van der Waals surface area contributed by atoms with Gasteiger partial charge in [-0.2, -0.15) is 13.2 Å². The molecule has 0 amide bonds. The minimum Gasteiger partial charge on any atom is -0.497 e. The summed E-state index contributed by atoms with van der Waals surface area (Å²) in [6.45, 7) is -0.375. The molecule has 0 aliphatic carbocycles. The zero-order valence-corrected chi connectivity index (χ0v) is 17.7. The SMILES string of the molecule is CN=C(NCc1ccc(OC)cc1)NCc1ccc(OCC(F)(F)F)nc1.I. The highest BCUT2D eigenvalue weighted by atomic mass is 127. The van der Waals surface area contributed by atoms with Crippen molar-refractivity contribution >= 4 is 29.9 Å². The Morgan fingerprint density at radius 1 is 1.04 bits per heavy atom. The maximum atomic E-state index is 12.1. The molecule has 1 aromatic heterocycles. The van der Waals surface area contributed by atoms with E-state index in [0.717, 1.165) is 16.9 Å². The maximum absolute atomic E-state index is 12.1. The zero-order valence-electron chi connectivity index (χ0n) is 15.4. The first-order valence-corrected chi connectivity index (χ1v) is 8.11. The van der Waals surface area contributed by atoms with E-state index >= 15 is 0 Å². The molecule has 6 nitrogen and oxygen atoms in total. The third-order valence-electron chi connectivity index (χ3n) is 3.48. The number of ether oxygens (including phenoxy) is 2. The lowest BCUT2D eigenvalue weighted by Gasteiger charge is -2.13. The molecule has 28 heavy (non-hydrogen) atoms.